The SMILES string of the molecule is Cc1nc(-c2ccncc2)sc1C(=O)N1CCN(S(=O)(=O)CC(=O)c2ccc(Cl)cc2)CC1. The van der Waals surface area contributed by atoms with Crippen molar-refractivity contribution in [3.05, 3.63) is 69.9 Å². The second-order valence-corrected chi connectivity index (χ2v) is 11.0. The summed E-state index contributed by atoms with van der Waals surface area (Å²) in [7, 11) is -3.80. The molecule has 1 aliphatic heterocycles. The van der Waals surface area contributed by atoms with Crippen molar-refractivity contribution < 1.29 is 18.0 Å². The number of hydrogen-bond acceptors (Lipinski definition) is 7. The molecule has 11 heteroatoms. The van der Waals surface area contributed by atoms with Crippen LogP contribution in [0, 0.1) is 6.92 Å². The van der Waals surface area contributed by atoms with Gasteiger partial charge < -0.3 is 4.90 Å². The lowest BCUT2D eigenvalue weighted by Gasteiger charge is -2.33. The lowest BCUT2D eigenvalue weighted by Crippen LogP contribution is -2.51. The van der Waals surface area contributed by atoms with Crippen LogP contribution in [0.5, 0.6) is 0 Å². The van der Waals surface area contributed by atoms with E-state index in [0.29, 0.717) is 21.2 Å². The van der Waals surface area contributed by atoms with Crippen LogP contribution in [0.15, 0.2) is 48.8 Å². The number of Topliss-reactive ketones (excluding diaryl/α,β-unsaturated/α-hetero) is 1. The number of nitrogens with zero attached hydrogens (tertiary/aromatic N) is 4. The predicted octanol–water partition coefficient (Wildman–Crippen LogP) is 3.14. The minimum Gasteiger partial charge on any atom is -0.335 e. The molecule has 1 fully saturated rings. The van der Waals surface area contributed by atoms with Gasteiger partial charge in [-0.3, -0.25) is 14.6 Å². The van der Waals surface area contributed by atoms with Crippen molar-refractivity contribution in [1.82, 2.24) is 19.2 Å². The first-order valence-electron chi connectivity index (χ1n) is 10.2. The second-order valence-electron chi connectivity index (χ2n) is 7.55. The molecule has 1 amide bonds. The Morgan fingerprint density at radius 2 is 1.67 bits per heavy atom. The molecule has 0 N–H and O–H groups in total. The van der Waals surface area contributed by atoms with Crippen LogP contribution < -0.4 is 0 Å². The van der Waals surface area contributed by atoms with Gasteiger partial charge in [-0.15, -0.1) is 11.3 Å². The van der Waals surface area contributed by atoms with Crippen molar-refractivity contribution in [3.8, 4) is 10.6 Å². The molecule has 8 nitrogen and oxygen atoms in total. The van der Waals surface area contributed by atoms with Crippen LogP contribution >= 0.6 is 22.9 Å². The third-order valence-corrected chi connectivity index (χ3v) is 8.54. The zero-order chi connectivity index (χ0) is 23.6. The van der Waals surface area contributed by atoms with Gasteiger partial charge in [-0.2, -0.15) is 4.31 Å². The molecule has 3 aromatic rings. The monoisotopic (exact) mass is 504 g/mol. The van der Waals surface area contributed by atoms with Crippen molar-refractivity contribution in [3.63, 3.8) is 0 Å². The molecule has 0 radical (unpaired) electrons. The zero-order valence-corrected chi connectivity index (χ0v) is 20.2. The van der Waals surface area contributed by atoms with Gasteiger partial charge in [0.05, 0.1) is 5.69 Å². The van der Waals surface area contributed by atoms with Crippen molar-refractivity contribution in [2.24, 2.45) is 0 Å². The van der Waals surface area contributed by atoms with Crippen LogP contribution in [0.25, 0.3) is 10.6 Å². The summed E-state index contributed by atoms with van der Waals surface area (Å²) in [5.41, 5.74) is 1.82. The summed E-state index contributed by atoms with van der Waals surface area (Å²) in [4.78, 5) is 36.1. The van der Waals surface area contributed by atoms with E-state index in [2.05, 4.69) is 9.97 Å². The molecule has 172 valence electrons. The number of hydrogen-bond donors (Lipinski definition) is 0. The maximum Gasteiger partial charge on any atom is 0.265 e. The van der Waals surface area contributed by atoms with Crippen molar-refractivity contribution >= 4 is 44.7 Å². The number of halogens is 1. The molecule has 2 aromatic heterocycles. The Hall–Kier alpha value is -2.66. The fourth-order valence-electron chi connectivity index (χ4n) is 3.50. The van der Waals surface area contributed by atoms with Gasteiger partial charge in [-0.25, -0.2) is 13.4 Å². The van der Waals surface area contributed by atoms with Crippen LogP contribution in [0.3, 0.4) is 0 Å². The Morgan fingerprint density at radius 1 is 1.03 bits per heavy atom. The number of thiazole rings is 1. The quantitative estimate of drug-likeness (QED) is 0.478. The van der Waals surface area contributed by atoms with Crippen LogP contribution in [-0.2, 0) is 10.0 Å². The number of aryl methyl sites for hydroxylation is 1. The summed E-state index contributed by atoms with van der Waals surface area (Å²) in [5, 5.41) is 1.21. The third kappa shape index (κ3) is 5.30. The van der Waals surface area contributed by atoms with E-state index in [4.69, 9.17) is 11.6 Å². The van der Waals surface area contributed by atoms with Gasteiger partial charge in [0.25, 0.3) is 5.91 Å². The van der Waals surface area contributed by atoms with Gasteiger partial charge in [0.15, 0.2) is 5.78 Å². The number of benzene rings is 1. The fourth-order valence-corrected chi connectivity index (χ4v) is 6.07. The maximum atomic E-state index is 13.1. The first-order valence-corrected chi connectivity index (χ1v) is 13.0. The zero-order valence-electron chi connectivity index (χ0n) is 17.8. The Labute approximate surface area is 200 Å². The van der Waals surface area contributed by atoms with Gasteiger partial charge in [0, 0.05) is 54.7 Å². The molecule has 33 heavy (non-hydrogen) atoms. The summed E-state index contributed by atoms with van der Waals surface area (Å²) >= 11 is 7.13. The summed E-state index contributed by atoms with van der Waals surface area (Å²) in [6.45, 7) is 2.55. The lowest BCUT2D eigenvalue weighted by molar-refractivity contribution is 0.0700. The smallest absolute Gasteiger partial charge is 0.265 e. The number of rotatable bonds is 6. The van der Waals surface area contributed by atoms with E-state index in [-0.39, 0.29) is 32.1 Å². The number of aromatic nitrogens is 2. The Kier molecular flexibility index (Phi) is 6.89. The van der Waals surface area contributed by atoms with E-state index in [1.165, 1.54) is 27.8 Å². The number of piperazine rings is 1. The average Bonchev–Trinajstić information content (AvgIpc) is 3.21. The Morgan fingerprint density at radius 3 is 2.30 bits per heavy atom. The minimum absolute atomic E-state index is 0.136. The molecule has 1 aromatic carbocycles. The van der Waals surface area contributed by atoms with E-state index in [9.17, 15) is 18.0 Å². The van der Waals surface area contributed by atoms with Gasteiger partial charge in [0.1, 0.15) is 15.6 Å². The first-order chi connectivity index (χ1) is 15.7. The molecule has 4 rings (SSSR count). The predicted molar refractivity (Wildman–Crippen MR) is 127 cm³/mol. The Bertz CT molecular complexity index is 1270. The Balaban J connectivity index is 1.39. The molecular formula is C22H21ClN4O4S2. The minimum atomic E-state index is -3.80. The van der Waals surface area contributed by atoms with E-state index >= 15 is 0 Å². The van der Waals surface area contributed by atoms with Crippen molar-refractivity contribution in [2.45, 2.75) is 6.92 Å². The topological polar surface area (TPSA) is 101 Å². The molecular weight excluding hydrogens is 484 g/mol. The number of carbonyl (C=O) groups is 2. The molecule has 0 atom stereocenters. The molecule has 0 bridgehead atoms. The highest BCUT2D eigenvalue weighted by molar-refractivity contribution is 7.89. The number of sulfonamides is 1. The molecule has 0 unspecified atom stereocenters. The number of ketones is 1. The van der Waals surface area contributed by atoms with E-state index in [1.807, 2.05) is 12.1 Å². The van der Waals surface area contributed by atoms with Crippen LogP contribution in [0.2, 0.25) is 5.02 Å². The normalized spacial score (nSPS) is 14.9. The lowest BCUT2D eigenvalue weighted by atomic mass is 10.1. The number of amides is 1. The van der Waals surface area contributed by atoms with Gasteiger partial charge >= 0.3 is 0 Å². The highest BCUT2D eigenvalue weighted by Gasteiger charge is 2.32. The third-order valence-electron chi connectivity index (χ3n) is 5.32. The largest absolute Gasteiger partial charge is 0.335 e. The van der Waals surface area contributed by atoms with E-state index < -0.39 is 21.6 Å². The maximum absolute atomic E-state index is 13.1. The van der Waals surface area contributed by atoms with Crippen molar-refractivity contribution in [2.75, 3.05) is 31.9 Å². The summed E-state index contributed by atoms with van der Waals surface area (Å²) in [5.74, 6) is -1.28. The summed E-state index contributed by atoms with van der Waals surface area (Å²) in [6.07, 6.45) is 3.34. The van der Waals surface area contributed by atoms with Crippen LogP contribution in [0.1, 0.15) is 25.7 Å². The van der Waals surface area contributed by atoms with Gasteiger partial charge in [0.2, 0.25) is 10.0 Å². The molecule has 1 saturated heterocycles. The van der Waals surface area contributed by atoms with Gasteiger partial charge in [-0.1, -0.05) is 11.6 Å². The highest BCUT2D eigenvalue weighted by atomic mass is 35.5. The average molecular weight is 505 g/mol. The van der Waals surface area contributed by atoms with Crippen LogP contribution in [0.4, 0.5) is 0 Å². The highest BCUT2D eigenvalue weighted by Crippen LogP contribution is 2.28. The summed E-state index contributed by atoms with van der Waals surface area (Å²) in [6, 6.07) is 9.78. The molecule has 0 aliphatic carbocycles. The fraction of sp³-hybridized carbons (Fsp3) is 0.273. The van der Waals surface area contributed by atoms with E-state index in [0.717, 1.165) is 10.6 Å². The van der Waals surface area contributed by atoms with Gasteiger partial charge in [-0.05, 0) is 43.3 Å². The van der Waals surface area contributed by atoms with Crippen molar-refractivity contribution in [1.29, 1.82) is 0 Å². The number of carbonyl (C=O) groups excluding carboxylic acids is 2. The molecule has 0 spiro atoms. The molecule has 0 saturated carbocycles. The van der Waals surface area contributed by atoms with Crippen LogP contribution in [-0.4, -0.2) is 71.2 Å². The summed E-state index contributed by atoms with van der Waals surface area (Å²) < 4.78 is 26.8. The molecule has 3 heterocycles. The first kappa shape index (κ1) is 23.5. The standard InChI is InChI=1S/C22H21ClN4O4S2/c1-15-20(32-21(25-15)17-6-8-24-9-7-17)22(29)26-10-12-27(13-11-26)33(30,31)14-19(28)16-2-4-18(23)5-3-16/h2-9H,10-14H2,1H3. The number of pyridine rings is 1. The second kappa shape index (κ2) is 9.68. The molecule has 1 aliphatic rings. The van der Waals surface area contributed by atoms with E-state index in [1.54, 1.807) is 36.4 Å².